The van der Waals surface area contributed by atoms with E-state index in [-0.39, 0.29) is 11.9 Å². The number of hydrogen-bond acceptors (Lipinski definition) is 5. The molecule has 1 heterocycles. The number of nitrogens with zero attached hydrogens (tertiary/aromatic N) is 1. The molecule has 0 bridgehead atoms. The van der Waals surface area contributed by atoms with Gasteiger partial charge in [-0.3, -0.25) is 4.79 Å². The van der Waals surface area contributed by atoms with Crippen molar-refractivity contribution < 1.29 is 18.7 Å². The molecule has 1 aromatic heterocycles. The number of rotatable bonds is 8. The van der Waals surface area contributed by atoms with E-state index in [0.29, 0.717) is 36.0 Å². The Kier molecular flexibility index (Phi) is 6.23. The van der Waals surface area contributed by atoms with Gasteiger partial charge in [-0.05, 0) is 25.5 Å². The molecule has 0 aliphatic carbocycles. The zero-order valence-electron chi connectivity index (χ0n) is 14.6. The van der Waals surface area contributed by atoms with E-state index in [1.54, 1.807) is 26.5 Å². The molecule has 1 amide bonds. The minimum atomic E-state index is 0.00567. The first-order valence-electron chi connectivity index (χ1n) is 8.03. The van der Waals surface area contributed by atoms with E-state index in [9.17, 15) is 4.79 Å². The minimum absolute atomic E-state index is 0.00567. The van der Waals surface area contributed by atoms with Gasteiger partial charge in [0.25, 0.3) is 0 Å². The maximum atomic E-state index is 11.8. The van der Waals surface area contributed by atoms with Crippen molar-refractivity contribution in [3.63, 3.8) is 0 Å². The zero-order chi connectivity index (χ0) is 17.5. The Morgan fingerprint density at radius 1 is 1.33 bits per heavy atom. The van der Waals surface area contributed by atoms with E-state index in [0.717, 1.165) is 12.0 Å². The fourth-order valence-electron chi connectivity index (χ4n) is 2.22. The van der Waals surface area contributed by atoms with E-state index in [4.69, 9.17) is 13.9 Å². The molecule has 0 fully saturated rings. The summed E-state index contributed by atoms with van der Waals surface area (Å²) < 4.78 is 16.3. The predicted octanol–water partition coefficient (Wildman–Crippen LogP) is 3.21. The van der Waals surface area contributed by atoms with Crippen LogP contribution in [-0.2, 0) is 11.2 Å². The van der Waals surface area contributed by atoms with Crippen molar-refractivity contribution in [3.8, 4) is 22.8 Å². The van der Waals surface area contributed by atoms with Crippen LogP contribution in [-0.4, -0.2) is 31.2 Å². The standard InChI is InChI=1S/C18H24N2O4/c1-5-12(2)20-17(21)8-9-18-19-11-16(24-18)14-7-6-13(22-3)10-15(14)23-4/h6-7,10-12H,5,8-9H2,1-4H3,(H,20,21). The van der Waals surface area contributed by atoms with Crippen LogP contribution in [0.15, 0.2) is 28.8 Å². The molecule has 1 N–H and O–H groups in total. The maximum absolute atomic E-state index is 11.8. The SMILES string of the molecule is CCC(C)NC(=O)CCc1ncc(-c2ccc(OC)cc2OC)o1. The number of ether oxygens (including phenoxy) is 2. The number of hydrogen-bond donors (Lipinski definition) is 1. The minimum Gasteiger partial charge on any atom is -0.497 e. The van der Waals surface area contributed by atoms with E-state index in [2.05, 4.69) is 10.3 Å². The molecule has 24 heavy (non-hydrogen) atoms. The summed E-state index contributed by atoms with van der Waals surface area (Å²) in [5.74, 6) is 2.49. The summed E-state index contributed by atoms with van der Waals surface area (Å²) in [6.45, 7) is 4.02. The molecule has 0 spiro atoms. The van der Waals surface area contributed by atoms with Crippen molar-refractivity contribution in [1.29, 1.82) is 0 Å². The lowest BCUT2D eigenvalue weighted by Crippen LogP contribution is -2.32. The third kappa shape index (κ3) is 4.50. The van der Waals surface area contributed by atoms with Gasteiger partial charge in [-0.1, -0.05) is 6.92 Å². The summed E-state index contributed by atoms with van der Waals surface area (Å²) in [6, 6.07) is 5.66. The van der Waals surface area contributed by atoms with Gasteiger partial charge in [0.05, 0.1) is 26.0 Å². The number of aromatic nitrogens is 1. The number of carbonyl (C=O) groups excluding carboxylic acids is 1. The molecule has 0 radical (unpaired) electrons. The van der Waals surface area contributed by atoms with Crippen LogP contribution in [0.5, 0.6) is 11.5 Å². The zero-order valence-corrected chi connectivity index (χ0v) is 14.6. The molecule has 2 aromatic rings. The third-order valence-electron chi connectivity index (χ3n) is 3.81. The molecule has 1 unspecified atom stereocenters. The molecule has 0 aliphatic heterocycles. The van der Waals surface area contributed by atoms with E-state index in [1.807, 2.05) is 26.0 Å². The summed E-state index contributed by atoms with van der Waals surface area (Å²) >= 11 is 0. The maximum Gasteiger partial charge on any atom is 0.220 e. The van der Waals surface area contributed by atoms with Gasteiger partial charge < -0.3 is 19.2 Å². The van der Waals surface area contributed by atoms with Crippen LogP contribution >= 0.6 is 0 Å². The topological polar surface area (TPSA) is 73.6 Å². The average Bonchev–Trinajstić information content (AvgIpc) is 3.07. The van der Waals surface area contributed by atoms with Crippen molar-refractivity contribution >= 4 is 5.91 Å². The number of aryl methyl sites for hydroxylation is 1. The fraction of sp³-hybridized carbons (Fsp3) is 0.444. The van der Waals surface area contributed by atoms with Crippen LogP contribution in [0.1, 0.15) is 32.6 Å². The van der Waals surface area contributed by atoms with Crippen LogP contribution in [0.4, 0.5) is 0 Å². The Labute approximate surface area is 142 Å². The second-order valence-corrected chi connectivity index (χ2v) is 5.56. The van der Waals surface area contributed by atoms with Crippen molar-refractivity contribution in [2.45, 2.75) is 39.2 Å². The van der Waals surface area contributed by atoms with Crippen molar-refractivity contribution in [1.82, 2.24) is 10.3 Å². The quantitative estimate of drug-likeness (QED) is 0.803. The summed E-state index contributed by atoms with van der Waals surface area (Å²) in [5.41, 5.74) is 0.793. The Bertz CT molecular complexity index is 681. The molecule has 1 atom stereocenters. The van der Waals surface area contributed by atoms with Gasteiger partial charge in [-0.2, -0.15) is 0 Å². The number of amides is 1. The first kappa shape index (κ1) is 17.8. The lowest BCUT2D eigenvalue weighted by atomic mass is 10.1. The average molecular weight is 332 g/mol. The van der Waals surface area contributed by atoms with Crippen LogP contribution in [0.2, 0.25) is 0 Å². The highest BCUT2D eigenvalue weighted by Crippen LogP contribution is 2.33. The van der Waals surface area contributed by atoms with Gasteiger partial charge in [-0.15, -0.1) is 0 Å². The molecular weight excluding hydrogens is 308 g/mol. The first-order chi connectivity index (χ1) is 11.6. The Hall–Kier alpha value is -2.50. The van der Waals surface area contributed by atoms with Gasteiger partial charge in [-0.25, -0.2) is 4.98 Å². The van der Waals surface area contributed by atoms with E-state index < -0.39 is 0 Å². The molecule has 1 aromatic carbocycles. The fourth-order valence-corrected chi connectivity index (χ4v) is 2.22. The van der Waals surface area contributed by atoms with Crippen molar-refractivity contribution in [2.24, 2.45) is 0 Å². The van der Waals surface area contributed by atoms with Gasteiger partial charge in [0.1, 0.15) is 11.5 Å². The molecule has 0 aliphatic rings. The van der Waals surface area contributed by atoms with Gasteiger partial charge in [0.15, 0.2) is 11.7 Å². The van der Waals surface area contributed by atoms with Gasteiger partial charge in [0.2, 0.25) is 5.91 Å². The number of nitrogens with one attached hydrogen (secondary N) is 1. The molecule has 6 nitrogen and oxygen atoms in total. The lowest BCUT2D eigenvalue weighted by molar-refractivity contribution is -0.121. The smallest absolute Gasteiger partial charge is 0.220 e. The van der Waals surface area contributed by atoms with E-state index in [1.165, 1.54) is 0 Å². The summed E-state index contributed by atoms with van der Waals surface area (Å²) in [5, 5.41) is 2.93. The van der Waals surface area contributed by atoms with Crippen molar-refractivity contribution in [2.75, 3.05) is 14.2 Å². The predicted molar refractivity (Wildman–Crippen MR) is 91.3 cm³/mol. The number of carbonyl (C=O) groups is 1. The molecule has 0 saturated heterocycles. The van der Waals surface area contributed by atoms with Crippen LogP contribution < -0.4 is 14.8 Å². The monoisotopic (exact) mass is 332 g/mol. The second kappa shape index (κ2) is 8.38. The molecule has 130 valence electrons. The highest BCUT2D eigenvalue weighted by molar-refractivity contribution is 5.76. The Morgan fingerprint density at radius 3 is 2.79 bits per heavy atom. The highest BCUT2D eigenvalue weighted by atomic mass is 16.5. The largest absolute Gasteiger partial charge is 0.497 e. The van der Waals surface area contributed by atoms with Crippen molar-refractivity contribution in [3.05, 3.63) is 30.3 Å². The number of methoxy groups -OCH3 is 2. The number of benzene rings is 1. The van der Waals surface area contributed by atoms with Gasteiger partial charge in [0, 0.05) is 24.9 Å². The third-order valence-corrected chi connectivity index (χ3v) is 3.81. The summed E-state index contributed by atoms with van der Waals surface area (Å²) in [4.78, 5) is 16.1. The number of oxazole rings is 1. The Balaban J connectivity index is 2.04. The van der Waals surface area contributed by atoms with Gasteiger partial charge >= 0.3 is 0 Å². The lowest BCUT2D eigenvalue weighted by Gasteiger charge is -2.10. The summed E-state index contributed by atoms with van der Waals surface area (Å²) in [7, 11) is 3.19. The molecule has 6 heteroatoms. The van der Waals surface area contributed by atoms with Crippen LogP contribution in [0.25, 0.3) is 11.3 Å². The van der Waals surface area contributed by atoms with Crippen LogP contribution in [0.3, 0.4) is 0 Å². The molecule has 2 rings (SSSR count). The Morgan fingerprint density at radius 2 is 2.12 bits per heavy atom. The normalized spacial score (nSPS) is 11.8. The van der Waals surface area contributed by atoms with Crippen LogP contribution in [0, 0.1) is 0 Å². The molecule has 0 saturated carbocycles. The highest BCUT2D eigenvalue weighted by Gasteiger charge is 2.14. The van der Waals surface area contributed by atoms with E-state index >= 15 is 0 Å². The molecular formula is C18H24N2O4. The second-order valence-electron chi connectivity index (χ2n) is 5.56. The first-order valence-corrected chi connectivity index (χ1v) is 8.03. The summed E-state index contributed by atoms with van der Waals surface area (Å²) in [6.07, 6.45) is 3.36.